The lowest BCUT2D eigenvalue weighted by atomic mass is 9.79. The zero-order valence-corrected chi connectivity index (χ0v) is 11.8. The number of piperidine rings is 1. The number of hydrogen-bond acceptors (Lipinski definition) is 2. The second kappa shape index (κ2) is 5.31. The van der Waals surface area contributed by atoms with Gasteiger partial charge in [0.25, 0.3) is 0 Å². The normalized spacial score (nSPS) is 23.1. The third-order valence-electron chi connectivity index (χ3n) is 4.51. The Labute approximate surface area is 111 Å². The smallest absolute Gasteiger partial charge is 0.0481 e. The van der Waals surface area contributed by atoms with Crippen molar-refractivity contribution in [2.75, 3.05) is 18.1 Å². The van der Waals surface area contributed by atoms with Crippen molar-refractivity contribution in [2.45, 2.75) is 45.6 Å². The second-order valence-electron chi connectivity index (χ2n) is 5.85. The van der Waals surface area contributed by atoms with Gasteiger partial charge in [-0.15, -0.1) is 0 Å². The molecular formula is C16H25NO. The predicted molar refractivity (Wildman–Crippen MR) is 77.1 cm³/mol. The third kappa shape index (κ3) is 2.39. The predicted octanol–water partition coefficient (Wildman–Crippen LogP) is 3.24. The van der Waals surface area contributed by atoms with Gasteiger partial charge < -0.3 is 10.0 Å². The number of nitrogens with zero attached hydrogens (tertiary/aromatic N) is 1. The zero-order chi connectivity index (χ0) is 13.2. The average Bonchev–Trinajstić information content (AvgIpc) is 2.38. The number of rotatable bonds is 3. The molecule has 2 nitrogen and oxygen atoms in total. The van der Waals surface area contributed by atoms with Crippen LogP contribution in [0.25, 0.3) is 0 Å². The molecule has 2 heteroatoms. The van der Waals surface area contributed by atoms with E-state index in [1.165, 1.54) is 17.7 Å². The molecule has 0 radical (unpaired) electrons. The first-order valence-corrected chi connectivity index (χ1v) is 7.07. The topological polar surface area (TPSA) is 23.5 Å². The molecule has 1 aromatic rings. The monoisotopic (exact) mass is 247 g/mol. The molecule has 1 aromatic carbocycles. The Morgan fingerprint density at radius 2 is 1.94 bits per heavy atom. The minimum Gasteiger partial charge on any atom is -0.396 e. The van der Waals surface area contributed by atoms with Crippen LogP contribution in [0.5, 0.6) is 0 Å². The zero-order valence-electron chi connectivity index (χ0n) is 11.8. The van der Waals surface area contributed by atoms with E-state index in [9.17, 15) is 5.11 Å². The molecule has 1 heterocycles. The van der Waals surface area contributed by atoms with Gasteiger partial charge >= 0.3 is 0 Å². The Hall–Kier alpha value is -1.02. The molecule has 0 aromatic heterocycles. The van der Waals surface area contributed by atoms with Crippen molar-refractivity contribution in [1.82, 2.24) is 0 Å². The first-order valence-electron chi connectivity index (χ1n) is 7.07. The van der Waals surface area contributed by atoms with E-state index in [2.05, 4.69) is 49.9 Å². The molecule has 18 heavy (non-hydrogen) atoms. The molecule has 1 unspecified atom stereocenters. The lowest BCUT2D eigenvalue weighted by Gasteiger charge is -2.49. The summed E-state index contributed by atoms with van der Waals surface area (Å²) in [6.07, 6.45) is 3.39. The minimum atomic E-state index is 0.0424. The molecule has 1 aliphatic rings. The molecule has 100 valence electrons. The highest BCUT2D eigenvalue weighted by Gasteiger charge is 2.38. The van der Waals surface area contributed by atoms with Crippen molar-refractivity contribution >= 4 is 5.69 Å². The van der Waals surface area contributed by atoms with Crippen LogP contribution >= 0.6 is 0 Å². The fourth-order valence-electron chi connectivity index (χ4n) is 3.05. The molecule has 2 rings (SSSR count). The molecular weight excluding hydrogens is 222 g/mol. The summed E-state index contributed by atoms with van der Waals surface area (Å²) in [5.74, 6) is 0.372. The Morgan fingerprint density at radius 3 is 2.50 bits per heavy atom. The average molecular weight is 247 g/mol. The number of aryl methyl sites for hydroxylation is 1. The van der Waals surface area contributed by atoms with Crippen molar-refractivity contribution in [3.63, 3.8) is 0 Å². The fraction of sp³-hybridized carbons (Fsp3) is 0.625. The van der Waals surface area contributed by atoms with Crippen LogP contribution in [-0.2, 0) is 6.42 Å². The summed E-state index contributed by atoms with van der Waals surface area (Å²) >= 11 is 0. The maximum atomic E-state index is 9.55. The summed E-state index contributed by atoms with van der Waals surface area (Å²) < 4.78 is 0. The molecule has 1 aliphatic heterocycles. The van der Waals surface area contributed by atoms with Gasteiger partial charge in [-0.1, -0.05) is 19.1 Å². The van der Waals surface area contributed by atoms with E-state index in [0.29, 0.717) is 5.92 Å². The Bertz CT molecular complexity index is 383. The summed E-state index contributed by atoms with van der Waals surface area (Å²) in [7, 11) is 0. The van der Waals surface area contributed by atoms with E-state index in [-0.39, 0.29) is 12.1 Å². The molecule has 1 N–H and O–H groups in total. The maximum Gasteiger partial charge on any atom is 0.0481 e. The van der Waals surface area contributed by atoms with Gasteiger partial charge in [-0.25, -0.2) is 0 Å². The Kier molecular flexibility index (Phi) is 3.96. The van der Waals surface area contributed by atoms with Crippen molar-refractivity contribution in [1.29, 1.82) is 0 Å². The first kappa shape index (κ1) is 13.4. The molecule has 1 atom stereocenters. The number of aliphatic hydroxyl groups excluding tert-OH is 1. The van der Waals surface area contributed by atoms with Gasteiger partial charge in [0.1, 0.15) is 0 Å². The Morgan fingerprint density at radius 1 is 1.28 bits per heavy atom. The lowest BCUT2D eigenvalue weighted by Crippen LogP contribution is -2.54. The highest BCUT2D eigenvalue weighted by molar-refractivity contribution is 5.50. The second-order valence-corrected chi connectivity index (χ2v) is 5.85. The molecule has 0 spiro atoms. The summed E-state index contributed by atoms with van der Waals surface area (Å²) in [5.41, 5.74) is 2.71. The third-order valence-corrected chi connectivity index (χ3v) is 4.51. The van der Waals surface area contributed by atoms with Crippen LogP contribution in [0.1, 0.15) is 39.2 Å². The van der Waals surface area contributed by atoms with Crippen LogP contribution in [0, 0.1) is 5.92 Å². The van der Waals surface area contributed by atoms with Crippen LogP contribution in [0.3, 0.4) is 0 Å². The molecule has 1 saturated heterocycles. The SMILES string of the molecule is CCc1ccc(N2CCCC(CO)C2(C)C)cc1. The number of anilines is 1. The van der Waals surface area contributed by atoms with Crippen molar-refractivity contribution in [2.24, 2.45) is 5.92 Å². The highest BCUT2D eigenvalue weighted by Crippen LogP contribution is 2.36. The van der Waals surface area contributed by atoms with Gasteiger partial charge in [0.05, 0.1) is 0 Å². The molecule has 0 amide bonds. The summed E-state index contributed by atoms with van der Waals surface area (Å²) in [4.78, 5) is 2.46. The first-order chi connectivity index (χ1) is 8.59. The number of benzene rings is 1. The van der Waals surface area contributed by atoms with E-state index in [1.807, 2.05) is 0 Å². The summed E-state index contributed by atoms with van der Waals surface area (Å²) in [6, 6.07) is 8.88. The highest BCUT2D eigenvalue weighted by atomic mass is 16.3. The van der Waals surface area contributed by atoms with Gasteiger partial charge in [0.2, 0.25) is 0 Å². The molecule has 0 aliphatic carbocycles. The van der Waals surface area contributed by atoms with Gasteiger partial charge in [0, 0.05) is 30.3 Å². The van der Waals surface area contributed by atoms with E-state index in [0.717, 1.165) is 19.4 Å². The van der Waals surface area contributed by atoms with Crippen molar-refractivity contribution in [3.05, 3.63) is 29.8 Å². The largest absolute Gasteiger partial charge is 0.396 e. The van der Waals surface area contributed by atoms with E-state index < -0.39 is 0 Å². The van der Waals surface area contributed by atoms with Crippen LogP contribution in [0.4, 0.5) is 5.69 Å². The van der Waals surface area contributed by atoms with E-state index in [1.54, 1.807) is 0 Å². The summed E-state index contributed by atoms with van der Waals surface area (Å²) in [6.45, 7) is 8.06. The maximum absolute atomic E-state index is 9.55. The van der Waals surface area contributed by atoms with Crippen LogP contribution in [-0.4, -0.2) is 23.8 Å². The molecule has 1 fully saturated rings. The quantitative estimate of drug-likeness (QED) is 0.886. The van der Waals surface area contributed by atoms with Crippen LogP contribution in [0.2, 0.25) is 0 Å². The van der Waals surface area contributed by atoms with Gasteiger partial charge in [-0.2, -0.15) is 0 Å². The van der Waals surface area contributed by atoms with E-state index >= 15 is 0 Å². The lowest BCUT2D eigenvalue weighted by molar-refractivity contribution is 0.136. The van der Waals surface area contributed by atoms with E-state index in [4.69, 9.17) is 0 Å². The van der Waals surface area contributed by atoms with Crippen molar-refractivity contribution in [3.8, 4) is 0 Å². The van der Waals surface area contributed by atoms with Crippen LogP contribution in [0.15, 0.2) is 24.3 Å². The molecule has 0 bridgehead atoms. The van der Waals surface area contributed by atoms with Gasteiger partial charge in [-0.05, 0) is 50.8 Å². The van der Waals surface area contributed by atoms with Gasteiger partial charge in [0.15, 0.2) is 0 Å². The summed E-state index contributed by atoms with van der Waals surface area (Å²) in [5, 5.41) is 9.55. The standard InChI is InChI=1S/C16H25NO/c1-4-13-7-9-15(10-8-13)17-11-5-6-14(12-18)16(17,2)3/h7-10,14,18H,4-6,11-12H2,1-3H3. The minimum absolute atomic E-state index is 0.0424. The number of aliphatic hydroxyl groups is 1. The fourth-order valence-corrected chi connectivity index (χ4v) is 3.05. The van der Waals surface area contributed by atoms with Gasteiger partial charge in [-0.3, -0.25) is 0 Å². The van der Waals surface area contributed by atoms with Crippen molar-refractivity contribution < 1.29 is 5.11 Å². The molecule has 0 saturated carbocycles. The number of hydrogen-bond donors (Lipinski definition) is 1. The van der Waals surface area contributed by atoms with Crippen LogP contribution < -0.4 is 4.90 Å². The Balaban J connectivity index is 2.24.